The lowest BCUT2D eigenvalue weighted by atomic mass is 10.1. The normalized spacial score (nSPS) is 11.0. The second kappa shape index (κ2) is 13.0. The van der Waals surface area contributed by atoms with Crippen LogP contribution in [-0.4, -0.2) is 49.0 Å². The summed E-state index contributed by atoms with van der Waals surface area (Å²) >= 11 is 0. The molecule has 0 spiro atoms. The van der Waals surface area contributed by atoms with Crippen LogP contribution >= 0.6 is 0 Å². The molecule has 0 fully saturated rings. The third-order valence-corrected chi connectivity index (χ3v) is 6.57. The zero-order valence-electron chi connectivity index (χ0n) is 21.6. The smallest absolute Gasteiger partial charge is 0.224 e. The highest BCUT2D eigenvalue weighted by Crippen LogP contribution is 2.30. The Morgan fingerprint density at radius 2 is 1.69 bits per heavy atom. The predicted molar refractivity (Wildman–Crippen MR) is 142 cm³/mol. The fourth-order valence-electron chi connectivity index (χ4n) is 4.46. The van der Waals surface area contributed by atoms with Gasteiger partial charge >= 0.3 is 0 Å². The van der Waals surface area contributed by atoms with Gasteiger partial charge in [-0.1, -0.05) is 49.6 Å². The number of hydrogen-bond donors (Lipinski definition) is 1. The molecule has 0 aliphatic carbocycles. The summed E-state index contributed by atoms with van der Waals surface area (Å²) < 4.78 is 7.75. The zero-order chi connectivity index (χ0) is 25.2. The number of unbranched alkanes of at least 4 members (excludes halogenated alkanes) is 4. The van der Waals surface area contributed by atoms with E-state index in [1.54, 1.807) is 26.1 Å². The molecule has 3 aromatic rings. The fraction of sp³-hybridized carbons (Fsp3) is 0.448. The van der Waals surface area contributed by atoms with E-state index in [2.05, 4.69) is 47.1 Å². The van der Waals surface area contributed by atoms with Gasteiger partial charge in [0.15, 0.2) is 0 Å². The molecule has 2 aromatic carbocycles. The van der Waals surface area contributed by atoms with Crippen LogP contribution in [0.4, 0.5) is 0 Å². The second-order valence-electron chi connectivity index (χ2n) is 9.35. The average Bonchev–Trinajstić information content (AvgIpc) is 3.11. The Hall–Kier alpha value is -3.28. The maximum atomic E-state index is 12.8. The van der Waals surface area contributed by atoms with Crippen molar-refractivity contribution in [3.63, 3.8) is 0 Å². The van der Waals surface area contributed by atoms with Crippen molar-refractivity contribution in [2.45, 2.75) is 58.4 Å². The van der Waals surface area contributed by atoms with Crippen LogP contribution in [-0.2, 0) is 22.6 Å². The van der Waals surface area contributed by atoms with Gasteiger partial charge in [0.25, 0.3) is 0 Å². The van der Waals surface area contributed by atoms with Crippen molar-refractivity contribution in [2.24, 2.45) is 0 Å². The number of rotatable bonds is 13. The number of nitrogens with zero attached hydrogens (tertiary/aromatic N) is 2. The van der Waals surface area contributed by atoms with Crippen LogP contribution in [0.5, 0.6) is 5.75 Å². The molecule has 6 nitrogen and oxygen atoms in total. The number of benzene rings is 2. The summed E-state index contributed by atoms with van der Waals surface area (Å²) in [4.78, 5) is 26.1. The van der Waals surface area contributed by atoms with E-state index in [1.165, 1.54) is 5.56 Å². The molecule has 1 heterocycles. The van der Waals surface area contributed by atoms with Gasteiger partial charge in [-0.2, -0.15) is 0 Å². The molecule has 188 valence electrons. The van der Waals surface area contributed by atoms with E-state index in [0.717, 1.165) is 66.6 Å². The molecule has 0 aliphatic heterocycles. The minimum absolute atomic E-state index is 0.0475. The summed E-state index contributed by atoms with van der Waals surface area (Å²) in [5.41, 5.74) is 4.51. The van der Waals surface area contributed by atoms with Gasteiger partial charge in [0, 0.05) is 50.2 Å². The Morgan fingerprint density at radius 3 is 2.40 bits per heavy atom. The van der Waals surface area contributed by atoms with E-state index in [9.17, 15) is 9.59 Å². The molecule has 0 aliphatic rings. The summed E-state index contributed by atoms with van der Waals surface area (Å²) in [7, 11) is 5.26. The first-order valence-corrected chi connectivity index (χ1v) is 12.6. The lowest BCUT2D eigenvalue weighted by molar-refractivity contribution is -0.128. The van der Waals surface area contributed by atoms with Gasteiger partial charge in [-0.3, -0.25) is 9.59 Å². The lowest BCUT2D eigenvalue weighted by Gasteiger charge is -2.10. The number of carbonyl (C=O) groups is 2. The fourth-order valence-corrected chi connectivity index (χ4v) is 4.46. The Balaban J connectivity index is 1.56. The first-order valence-electron chi connectivity index (χ1n) is 12.6. The summed E-state index contributed by atoms with van der Waals surface area (Å²) in [5.74, 6) is 1.03. The molecule has 0 radical (unpaired) electrons. The van der Waals surface area contributed by atoms with Crippen LogP contribution in [0.2, 0.25) is 0 Å². The lowest BCUT2D eigenvalue weighted by Crippen LogP contribution is -2.26. The summed E-state index contributed by atoms with van der Waals surface area (Å²) in [6.45, 7) is 3.54. The number of amides is 2. The summed E-state index contributed by atoms with van der Waals surface area (Å²) in [5, 5.41) is 4.16. The van der Waals surface area contributed by atoms with Crippen LogP contribution in [0, 0.1) is 6.92 Å². The van der Waals surface area contributed by atoms with E-state index in [1.807, 2.05) is 18.2 Å². The van der Waals surface area contributed by atoms with Gasteiger partial charge in [0.05, 0.1) is 13.5 Å². The van der Waals surface area contributed by atoms with E-state index < -0.39 is 0 Å². The van der Waals surface area contributed by atoms with E-state index in [-0.39, 0.29) is 11.8 Å². The van der Waals surface area contributed by atoms with Crippen molar-refractivity contribution in [1.82, 2.24) is 14.8 Å². The largest absolute Gasteiger partial charge is 0.497 e. The van der Waals surface area contributed by atoms with Gasteiger partial charge in [-0.25, -0.2) is 0 Å². The van der Waals surface area contributed by atoms with Gasteiger partial charge in [0.2, 0.25) is 11.8 Å². The molecule has 6 heteroatoms. The van der Waals surface area contributed by atoms with Crippen molar-refractivity contribution in [1.29, 1.82) is 0 Å². The van der Waals surface area contributed by atoms with Gasteiger partial charge in [0.1, 0.15) is 5.75 Å². The van der Waals surface area contributed by atoms with Gasteiger partial charge in [-0.15, -0.1) is 0 Å². The van der Waals surface area contributed by atoms with Crippen LogP contribution in [0.15, 0.2) is 48.5 Å². The predicted octanol–water partition coefficient (Wildman–Crippen LogP) is 5.09. The van der Waals surface area contributed by atoms with E-state index >= 15 is 0 Å². The maximum absolute atomic E-state index is 12.8. The highest BCUT2D eigenvalue weighted by molar-refractivity contribution is 5.91. The molecule has 1 aromatic heterocycles. The Labute approximate surface area is 209 Å². The molecule has 1 N–H and O–H groups in total. The molecular formula is C29H39N3O3. The minimum atomic E-state index is 0.0475. The Kier molecular flexibility index (Phi) is 9.76. The molecule has 0 saturated heterocycles. The van der Waals surface area contributed by atoms with Gasteiger partial charge in [-0.05, 0) is 49.1 Å². The van der Waals surface area contributed by atoms with Crippen molar-refractivity contribution in [2.75, 3.05) is 27.7 Å². The number of ether oxygens (including phenoxy) is 1. The summed E-state index contributed by atoms with van der Waals surface area (Å²) in [6, 6.07) is 16.5. The number of methoxy groups -OCH3 is 1. The van der Waals surface area contributed by atoms with Crippen LogP contribution in [0.1, 0.15) is 55.3 Å². The van der Waals surface area contributed by atoms with Crippen molar-refractivity contribution < 1.29 is 14.3 Å². The van der Waals surface area contributed by atoms with Crippen LogP contribution in [0.3, 0.4) is 0 Å². The number of fused-ring (bicyclic) bond motifs is 1. The van der Waals surface area contributed by atoms with E-state index in [0.29, 0.717) is 19.4 Å². The number of nitrogens with one attached hydrogen (secondary N) is 1. The van der Waals surface area contributed by atoms with E-state index in [4.69, 9.17) is 4.74 Å². The first-order chi connectivity index (χ1) is 16.9. The molecule has 35 heavy (non-hydrogen) atoms. The van der Waals surface area contributed by atoms with Crippen LogP contribution in [0.25, 0.3) is 10.9 Å². The third kappa shape index (κ3) is 7.35. The molecule has 0 atom stereocenters. The van der Waals surface area contributed by atoms with Gasteiger partial charge < -0.3 is 19.5 Å². The highest BCUT2D eigenvalue weighted by atomic mass is 16.5. The van der Waals surface area contributed by atoms with Crippen molar-refractivity contribution >= 4 is 22.7 Å². The van der Waals surface area contributed by atoms with Crippen LogP contribution < -0.4 is 10.1 Å². The summed E-state index contributed by atoms with van der Waals surface area (Å²) in [6.07, 6.45) is 6.05. The quantitative estimate of drug-likeness (QED) is 0.349. The zero-order valence-corrected chi connectivity index (χ0v) is 21.6. The van der Waals surface area contributed by atoms with Crippen molar-refractivity contribution in [3.05, 3.63) is 65.4 Å². The molecule has 0 bridgehead atoms. The Bertz CT molecular complexity index is 1120. The standard InChI is InChI=1S/C29H39N3O3/c1-22-25(20-28(33)30-18-12-7-5-6-11-15-29(34)31(2)3)26-19-24(35-4)16-17-27(26)32(22)21-23-13-9-8-10-14-23/h8-10,13-14,16-17,19H,5-7,11-12,15,18,20-21H2,1-4H3,(H,30,33). The third-order valence-electron chi connectivity index (χ3n) is 6.57. The monoisotopic (exact) mass is 477 g/mol. The molecule has 3 rings (SSSR count). The first kappa shape index (κ1) is 26.3. The molecule has 2 amide bonds. The number of carbonyl (C=O) groups excluding carboxylic acids is 2. The SMILES string of the molecule is COc1ccc2c(c1)c(CC(=O)NCCCCCCCC(=O)N(C)C)c(C)n2Cc1ccccc1. The average molecular weight is 478 g/mol. The van der Waals surface area contributed by atoms with Crippen molar-refractivity contribution in [3.8, 4) is 5.75 Å². The second-order valence-corrected chi connectivity index (χ2v) is 9.35. The molecule has 0 saturated carbocycles. The topological polar surface area (TPSA) is 63.6 Å². The molecular weight excluding hydrogens is 438 g/mol. The molecule has 0 unspecified atom stereocenters. The number of aromatic nitrogens is 1. The maximum Gasteiger partial charge on any atom is 0.224 e. The number of hydrogen-bond acceptors (Lipinski definition) is 3. The highest BCUT2D eigenvalue weighted by Gasteiger charge is 2.17. The Morgan fingerprint density at radius 1 is 0.971 bits per heavy atom. The minimum Gasteiger partial charge on any atom is -0.497 e.